The topological polar surface area (TPSA) is 56.7 Å². The molecule has 0 radical (unpaired) electrons. The maximum absolute atomic E-state index is 13.6. The number of guanidine groups is 1. The van der Waals surface area contributed by atoms with Crippen LogP contribution >= 0.6 is 11.8 Å². The minimum absolute atomic E-state index is 0.120. The molecule has 0 unspecified atom stereocenters. The molecule has 1 aromatic carbocycles. The van der Waals surface area contributed by atoms with Crippen LogP contribution in [0.1, 0.15) is 26.2 Å². The van der Waals surface area contributed by atoms with Crippen LogP contribution in [0.3, 0.4) is 0 Å². The van der Waals surface area contributed by atoms with Crippen molar-refractivity contribution >= 4 is 23.6 Å². The van der Waals surface area contributed by atoms with Crippen LogP contribution in [0.5, 0.6) is 0 Å². The molecular formula is C19H29FN4OS. The summed E-state index contributed by atoms with van der Waals surface area (Å²) in [5, 5.41) is 6.04. The van der Waals surface area contributed by atoms with Gasteiger partial charge in [-0.2, -0.15) is 0 Å². The number of amides is 1. The predicted octanol–water partition coefficient (Wildman–Crippen LogP) is 2.73. The van der Waals surface area contributed by atoms with E-state index in [1.54, 1.807) is 19.2 Å². The summed E-state index contributed by atoms with van der Waals surface area (Å²) in [6.07, 6.45) is 2.61. The highest BCUT2D eigenvalue weighted by Gasteiger charge is 2.22. The Morgan fingerprint density at radius 2 is 2.08 bits per heavy atom. The van der Waals surface area contributed by atoms with E-state index in [2.05, 4.69) is 22.5 Å². The molecule has 1 heterocycles. The van der Waals surface area contributed by atoms with Gasteiger partial charge in [-0.1, -0.05) is 12.1 Å². The number of aliphatic imine (C=N–C) groups is 1. The molecule has 0 bridgehead atoms. The molecule has 5 nitrogen and oxygen atoms in total. The predicted molar refractivity (Wildman–Crippen MR) is 106 cm³/mol. The van der Waals surface area contributed by atoms with E-state index in [1.165, 1.54) is 17.8 Å². The molecule has 0 spiro atoms. The van der Waals surface area contributed by atoms with E-state index in [0.29, 0.717) is 23.8 Å². The van der Waals surface area contributed by atoms with Gasteiger partial charge in [0.1, 0.15) is 5.82 Å². The van der Waals surface area contributed by atoms with Crippen molar-refractivity contribution < 1.29 is 9.18 Å². The summed E-state index contributed by atoms with van der Waals surface area (Å²) in [4.78, 5) is 19.1. The summed E-state index contributed by atoms with van der Waals surface area (Å²) in [6.45, 7) is 5.33. The largest absolute Gasteiger partial charge is 0.359 e. The summed E-state index contributed by atoms with van der Waals surface area (Å²) < 4.78 is 13.6. The van der Waals surface area contributed by atoms with Crippen molar-refractivity contribution in [3.05, 3.63) is 30.1 Å². The molecule has 0 aromatic heterocycles. The Morgan fingerprint density at radius 1 is 1.35 bits per heavy atom. The fraction of sp³-hybridized carbons (Fsp3) is 0.579. The minimum atomic E-state index is -0.174. The SMILES string of the molecule is CCNC(=NCCSc1ccccc1F)N1CCC(CC(=O)NC)CC1. The van der Waals surface area contributed by atoms with Gasteiger partial charge in [0.05, 0.1) is 6.54 Å². The van der Waals surface area contributed by atoms with Crippen LogP contribution in [-0.4, -0.2) is 55.7 Å². The fourth-order valence-corrected chi connectivity index (χ4v) is 3.79. The van der Waals surface area contributed by atoms with Crippen LogP contribution in [0.25, 0.3) is 0 Å². The van der Waals surface area contributed by atoms with Crippen molar-refractivity contribution in [2.24, 2.45) is 10.9 Å². The van der Waals surface area contributed by atoms with Crippen molar-refractivity contribution in [1.82, 2.24) is 15.5 Å². The Balaban J connectivity index is 1.81. The molecule has 1 aromatic rings. The third kappa shape index (κ3) is 6.52. The molecule has 0 atom stereocenters. The summed E-state index contributed by atoms with van der Waals surface area (Å²) >= 11 is 1.49. The lowest BCUT2D eigenvalue weighted by molar-refractivity contribution is -0.121. The highest BCUT2D eigenvalue weighted by Crippen LogP contribution is 2.22. The van der Waals surface area contributed by atoms with E-state index in [1.807, 2.05) is 6.07 Å². The Bertz CT molecular complexity index is 603. The minimum Gasteiger partial charge on any atom is -0.359 e. The zero-order chi connectivity index (χ0) is 18.8. The Kier molecular flexibility index (Phi) is 8.74. The van der Waals surface area contributed by atoms with Gasteiger partial charge in [0, 0.05) is 43.8 Å². The summed E-state index contributed by atoms with van der Waals surface area (Å²) in [6, 6.07) is 6.83. The Labute approximate surface area is 159 Å². The standard InChI is InChI=1S/C19H29FN4OS/c1-3-22-19(23-10-13-26-17-7-5-4-6-16(17)20)24-11-8-15(9-12-24)14-18(25)21-2/h4-7,15H,3,8-14H2,1-2H3,(H,21,25)(H,22,23). The molecular weight excluding hydrogens is 351 g/mol. The molecule has 1 saturated heterocycles. The van der Waals surface area contributed by atoms with Gasteiger partial charge < -0.3 is 15.5 Å². The summed E-state index contributed by atoms with van der Waals surface area (Å²) in [5.74, 6) is 2.05. The molecule has 2 N–H and O–H groups in total. The number of nitrogens with zero attached hydrogens (tertiary/aromatic N) is 2. The first-order valence-corrected chi connectivity index (χ1v) is 10.2. The highest BCUT2D eigenvalue weighted by molar-refractivity contribution is 7.99. The van der Waals surface area contributed by atoms with Crippen LogP contribution in [0.2, 0.25) is 0 Å². The van der Waals surface area contributed by atoms with Crippen LogP contribution in [0.15, 0.2) is 34.2 Å². The van der Waals surface area contributed by atoms with E-state index >= 15 is 0 Å². The van der Waals surface area contributed by atoms with Crippen LogP contribution < -0.4 is 10.6 Å². The van der Waals surface area contributed by atoms with Gasteiger partial charge in [0.2, 0.25) is 5.91 Å². The highest BCUT2D eigenvalue weighted by atomic mass is 32.2. The third-order valence-corrected chi connectivity index (χ3v) is 5.48. The second-order valence-electron chi connectivity index (χ2n) is 6.32. The molecule has 26 heavy (non-hydrogen) atoms. The van der Waals surface area contributed by atoms with Crippen molar-refractivity contribution in [3.8, 4) is 0 Å². The van der Waals surface area contributed by atoms with Crippen molar-refractivity contribution in [2.75, 3.05) is 39.0 Å². The van der Waals surface area contributed by atoms with Gasteiger partial charge in [0.25, 0.3) is 0 Å². The number of carbonyl (C=O) groups excluding carboxylic acids is 1. The van der Waals surface area contributed by atoms with Crippen LogP contribution in [-0.2, 0) is 4.79 Å². The van der Waals surface area contributed by atoms with Gasteiger partial charge in [-0.15, -0.1) is 11.8 Å². The number of carbonyl (C=O) groups is 1. The first kappa shape index (κ1) is 20.6. The molecule has 1 aliphatic rings. The molecule has 1 fully saturated rings. The van der Waals surface area contributed by atoms with Gasteiger partial charge in [-0.3, -0.25) is 9.79 Å². The first-order chi connectivity index (χ1) is 12.6. The monoisotopic (exact) mass is 380 g/mol. The zero-order valence-electron chi connectivity index (χ0n) is 15.6. The van der Waals surface area contributed by atoms with Gasteiger partial charge in [-0.25, -0.2) is 4.39 Å². The van der Waals surface area contributed by atoms with E-state index in [0.717, 1.165) is 44.2 Å². The Morgan fingerprint density at radius 3 is 2.73 bits per heavy atom. The smallest absolute Gasteiger partial charge is 0.220 e. The number of halogens is 1. The van der Waals surface area contributed by atoms with Crippen molar-refractivity contribution in [2.45, 2.75) is 31.1 Å². The molecule has 2 rings (SSSR count). The number of likely N-dealkylation sites (tertiary alicyclic amines) is 1. The molecule has 1 amide bonds. The molecule has 7 heteroatoms. The lowest BCUT2D eigenvalue weighted by Gasteiger charge is -2.34. The van der Waals surface area contributed by atoms with Crippen molar-refractivity contribution in [1.29, 1.82) is 0 Å². The van der Waals surface area contributed by atoms with Gasteiger partial charge in [0.15, 0.2) is 5.96 Å². The van der Waals surface area contributed by atoms with Gasteiger partial charge in [-0.05, 0) is 37.8 Å². The number of piperidine rings is 1. The van der Waals surface area contributed by atoms with E-state index in [4.69, 9.17) is 4.99 Å². The molecule has 0 aliphatic carbocycles. The lowest BCUT2D eigenvalue weighted by Crippen LogP contribution is -2.46. The molecule has 0 saturated carbocycles. The lowest BCUT2D eigenvalue weighted by atomic mass is 9.93. The number of hydrogen-bond acceptors (Lipinski definition) is 3. The Hall–Kier alpha value is -1.76. The zero-order valence-corrected chi connectivity index (χ0v) is 16.4. The van der Waals surface area contributed by atoms with Crippen LogP contribution in [0, 0.1) is 11.7 Å². The van der Waals surface area contributed by atoms with E-state index in [9.17, 15) is 9.18 Å². The molecule has 1 aliphatic heterocycles. The number of hydrogen-bond donors (Lipinski definition) is 2. The number of nitrogens with one attached hydrogen (secondary N) is 2. The maximum atomic E-state index is 13.6. The first-order valence-electron chi connectivity index (χ1n) is 9.25. The summed E-state index contributed by atoms with van der Waals surface area (Å²) in [5.41, 5.74) is 0. The second kappa shape index (κ2) is 11.1. The fourth-order valence-electron chi connectivity index (χ4n) is 3.01. The van der Waals surface area contributed by atoms with E-state index < -0.39 is 0 Å². The maximum Gasteiger partial charge on any atom is 0.220 e. The number of thioether (sulfide) groups is 1. The third-order valence-electron chi connectivity index (χ3n) is 4.45. The van der Waals surface area contributed by atoms with Crippen LogP contribution in [0.4, 0.5) is 4.39 Å². The normalized spacial score (nSPS) is 15.8. The average molecular weight is 381 g/mol. The van der Waals surface area contributed by atoms with Gasteiger partial charge >= 0.3 is 0 Å². The quantitative estimate of drug-likeness (QED) is 0.331. The number of benzene rings is 1. The number of rotatable bonds is 7. The van der Waals surface area contributed by atoms with Crippen molar-refractivity contribution in [3.63, 3.8) is 0 Å². The average Bonchev–Trinajstić information content (AvgIpc) is 2.66. The van der Waals surface area contributed by atoms with E-state index in [-0.39, 0.29) is 11.7 Å². The summed E-state index contributed by atoms with van der Waals surface area (Å²) in [7, 11) is 1.69. The molecule has 144 valence electrons. The second-order valence-corrected chi connectivity index (χ2v) is 7.46.